The van der Waals surface area contributed by atoms with E-state index in [1.54, 1.807) is 0 Å². The largest absolute Gasteiger partial charge is 0.481 e. The lowest BCUT2D eigenvalue weighted by atomic mass is 9.56. The first-order chi connectivity index (χ1) is 15.2. The molecule has 0 spiro atoms. The van der Waals surface area contributed by atoms with Gasteiger partial charge in [0.1, 0.15) is 5.69 Å². The lowest BCUT2D eigenvalue weighted by Gasteiger charge is -2.47. The molecule has 0 aliphatic heterocycles. The molecule has 2 aromatic rings. The van der Waals surface area contributed by atoms with Crippen molar-refractivity contribution >= 4 is 17.6 Å². The lowest BCUT2D eigenvalue weighted by Crippen LogP contribution is -2.51. The van der Waals surface area contributed by atoms with Crippen LogP contribution in [0.1, 0.15) is 50.2 Å². The summed E-state index contributed by atoms with van der Waals surface area (Å²) >= 11 is 0. The molecule has 0 saturated heterocycles. The Kier molecular flexibility index (Phi) is 6.96. The highest BCUT2D eigenvalue weighted by atomic mass is 19.3. The quantitative estimate of drug-likeness (QED) is 0.583. The number of methoxy groups -OCH3 is 1. The number of nitrogens with zero attached hydrogens (tertiary/aromatic N) is 1. The van der Waals surface area contributed by atoms with Crippen molar-refractivity contribution in [3.8, 4) is 11.8 Å². The predicted octanol–water partition coefficient (Wildman–Crippen LogP) is 4.58. The summed E-state index contributed by atoms with van der Waals surface area (Å²) in [6.45, 7) is 0.893. The predicted molar refractivity (Wildman–Crippen MR) is 113 cm³/mol. The highest BCUT2D eigenvalue weighted by molar-refractivity contribution is 6.01. The fourth-order valence-corrected chi connectivity index (χ4v) is 4.33. The summed E-state index contributed by atoms with van der Waals surface area (Å²) < 4.78 is 35.2. The maximum Gasteiger partial charge on any atom is 0.388 e. The number of amides is 1. The Morgan fingerprint density at radius 1 is 1.22 bits per heavy atom. The van der Waals surface area contributed by atoms with Crippen LogP contribution >= 0.6 is 0 Å². The summed E-state index contributed by atoms with van der Waals surface area (Å²) in [6, 6.07) is 10.4. The molecule has 32 heavy (non-hydrogen) atoms. The van der Waals surface area contributed by atoms with Gasteiger partial charge in [-0.2, -0.15) is 13.8 Å². The third-order valence-corrected chi connectivity index (χ3v) is 5.76. The summed E-state index contributed by atoms with van der Waals surface area (Å²) in [4.78, 5) is 28.6. The number of aromatic nitrogens is 1. The van der Waals surface area contributed by atoms with Gasteiger partial charge in [-0.1, -0.05) is 38.1 Å². The minimum atomic E-state index is -3.13. The van der Waals surface area contributed by atoms with E-state index in [1.807, 2.05) is 38.1 Å². The van der Waals surface area contributed by atoms with Gasteiger partial charge in [0.15, 0.2) is 0 Å². The topological polar surface area (TPSA) is 97.8 Å². The zero-order valence-corrected chi connectivity index (χ0v) is 18.1. The molecule has 0 bridgehead atoms. The first kappa shape index (κ1) is 23.4. The number of carboxylic acid groups (broad SMARTS) is 1. The Morgan fingerprint density at radius 3 is 2.50 bits per heavy atom. The Bertz CT molecular complexity index is 990. The van der Waals surface area contributed by atoms with E-state index in [0.717, 1.165) is 11.1 Å². The van der Waals surface area contributed by atoms with Gasteiger partial charge in [0, 0.05) is 12.5 Å². The van der Waals surface area contributed by atoms with E-state index >= 15 is 0 Å². The minimum Gasteiger partial charge on any atom is -0.481 e. The number of hydrogen-bond acceptors (Lipinski definition) is 5. The third kappa shape index (κ3) is 4.81. The number of aliphatic carboxylic acids is 1. The highest BCUT2D eigenvalue weighted by Gasteiger charge is 2.52. The van der Waals surface area contributed by atoms with E-state index in [-0.39, 0.29) is 29.8 Å². The number of carboxylic acids is 1. The molecule has 0 atom stereocenters. The van der Waals surface area contributed by atoms with Gasteiger partial charge in [0.05, 0.1) is 12.5 Å². The van der Waals surface area contributed by atoms with Gasteiger partial charge < -0.3 is 19.9 Å². The molecule has 0 radical (unpaired) electrons. The number of alkyl halides is 2. The van der Waals surface area contributed by atoms with Crippen LogP contribution in [0.15, 0.2) is 36.4 Å². The number of ether oxygens (including phenoxy) is 2. The van der Waals surface area contributed by atoms with Gasteiger partial charge in [0.25, 0.3) is 0 Å². The van der Waals surface area contributed by atoms with Gasteiger partial charge in [-0.15, -0.1) is 0 Å². The third-order valence-electron chi connectivity index (χ3n) is 5.76. The fourth-order valence-electron chi connectivity index (χ4n) is 4.33. The normalized spacial score (nSPS) is 20.0. The Hall–Kier alpha value is -3.23. The van der Waals surface area contributed by atoms with Crippen LogP contribution in [0.4, 0.5) is 14.5 Å². The summed E-state index contributed by atoms with van der Waals surface area (Å²) in [5.74, 6) is -1.77. The number of rotatable bonds is 9. The number of nitrogens with one attached hydrogen (secondary N) is 1. The summed E-state index contributed by atoms with van der Waals surface area (Å²) in [5, 5.41) is 11.9. The number of pyridine rings is 1. The van der Waals surface area contributed by atoms with Gasteiger partial charge in [-0.25, -0.2) is 0 Å². The molecule has 1 aliphatic carbocycles. The Labute approximate surface area is 184 Å². The number of hydrogen-bond donors (Lipinski definition) is 2. The van der Waals surface area contributed by atoms with Gasteiger partial charge in [0.2, 0.25) is 17.7 Å². The molecule has 3 rings (SSSR count). The number of carbonyl (C=O) groups excluding carboxylic acids is 1. The second-order valence-electron chi connectivity index (χ2n) is 8.24. The number of carbonyl (C=O) groups is 2. The molecule has 7 nitrogen and oxygen atoms in total. The van der Waals surface area contributed by atoms with Crippen molar-refractivity contribution in [2.45, 2.75) is 51.1 Å². The summed E-state index contributed by atoms with van der Waals surface area (Å²) in [5.41, 5.74) is 0.794. The molecule has 0 unspecified atom stereocenters. The molecule has 1 heterocycles. The second-order valence-corrected chi connectivity index (χ2v) is 8.24. The van der Waals surface area contributed by atoms with E-state index in [4.69, 9.17) is 9.84 Å². The zero-order chi connectivity index (χ0) is 23.5. The second kappa shape index (κ2) is 9.50. The summed E-state index contributed by atoms with van der Waals surface area (Å²) in [7, 11) is 1.33. The van der Waals surface area contributed by atoms with Crippen LogP contribution in [0.5, 0.6) is 11.8 Å². The molecule has 1 aromatic heterocycles. The van der Waals surface area contributed by atoms with Crippen LogP contribution in [0, 0.1) is 5.92 Å². The number of benzene rings is 1. The maximum absolute atomic E-state index is 13.6. The molecule has 9 heteroatoms. The summed E-state index contributed by atoms with van der Waals surface area (Å²) in [6.07, 6.45) is 0.635. The van der Waals surface area contributed by atoms with Crippen LogP contribution in [-0.2, 0) is 15.0 Å². The van der Waals surface area contributed by atoms with Crippen LogP contribution < -0.4 is 14.8 Å². The molecule has 2 N–H and O–H groups in total. The average molecular weight is 448 g/mol. The van der Waals surface area contributed by atoms with Crippen LogP contribution in [-0.4, -0.2) is 35.7 Å². The van der Waals surface area contributed by atoms with Gasteiger partial charge in [-0.05, 0) is 41.9 Å². The van der Waals surface area contributed by atoms with Crippen molar-refractivity contribution < 1.29 is 33.0 Å². The van der Waals surface area contributed by atoms with Crippen molar-refractivity contribution in [1.82, 2.24) is 4.98 Å². The Morgan fingerprint density at radius 2 is 1.91 bits per heavy atom. The van der Waals surface area contributed by atoms with E-state index in [0.29, 0.717) is 12.8 Å². The van der Waals surface area contributed by atoms with Crippen molar-refractivity contribution in [3.63, 3.8) is 0 Å². The first-order valence-corrected chi connectivity index (χ1v) is 10.3. The van der Waals surface area contributed by atoms with Crippen molar-refractivity contribution in [3.05, 3.63) is 47.5 Å². The van der Waals surface area contributed by atoms with Gasteiger partial charge in [-0.3, -0.25) is 9.59 Å². The van der Waals surface area contributed by atoms with Crippen molar-refractivity contribution in [2.75, 3.05) is 12.4 Å². The average Bonchev–Trinajstić information content (AvgIpc) is 2.70. The maximum atomic E-state index is 13.6. The minimum absolute atomic E-state index is 0.0146. The highest BCUT2D eigenvalue weighted by Crippen LogP contribution is 2.52. The van der Waals surface area contributed by atoms with Crippen LogP contribution in [0.3, 0.4) is 0 Å². The molecule has 1 saturated carbocycles. The van der Waals surface area contributed by atoms with Crippen LogP contribution in [0.25, 0.3) is 0 Å². The SMILES string of the molecule is COc1ccc(NC(=O)C2(c3ccccc3C(C)C)CC(CC(=O)O)C2)c(OC(F)F)n1. The Balaban J connectivity index is 1.97. The molecular formula is C23H26F2N2O5. The molecule has 172 valence electrons. The smallest absolute Gasteiger partial charge is 0.388 e. The molecule has 1 aromatic carbocycles. The van der Waals surface area contributed by atoms with E-state index in [1.165, 1.54) is 19.2 Å². The number of halogens is 2. The van der Waals surface area contributed by atoms with E-state index in [9.17, 15) is 18.4 Å². The first-order valence-electron chi connectivity index (χ1n) is 10.3. The van der Waals surface area contributed by atoms with Gasteiger partial charge >= 0.3 is 12.6 Å². The molecule has 1 fully saturated rings. The molecule has 1 aliphatic rings. The zero-order valence-electron chi connectivity index (χ0n) is 18.1. The van der Waals surface area contributed by atoms with Crippen molar-refractivity contribution in [1.29, 1.82) is 0 Å². The van der Waals surface area contributed by atoms with E-state index < -0.39 is 29.8 Å². The van der Waals surface area contributed by atoms with Crippen LogP contribution in [0.2, 0.25) is 0 Å². The lowest BCUT2D eigenvalue weighted by molar-refractivity contribution is -0.141. The fraction of sp³-hybridized carbons (Fsp3) is 0.435. The van der Waals surface area contributed by atoms with E-state index in [2.05, 4.69) is 15.0 Å². The molecular weight excluding hydrogens is 422 g/mol. The standard InChI is InChI=1S/C23H26F2N2O5/c1-13(2)15-6-4-5-7-16(15)23(11-14(12-23)10-19(28)29)21(30)26-17-8-9-18(31-3)27-20(17)32-22(24)25/h4-9,13-14,22H,10-12H2,1-3H3,(H,26,30)(H,28,29). The van der Waals surface area contributed by atoms with Crippen molar-refractivity contribution in [2.24, 2.45) is 5.92 Å². The number of anilines is 1. The molecule has 1 amide bonds. The monoisotopic (exact) mass is 448 g/mol.